The van der Waals surface area contributed by atoms with E-state index in [9.17, 15) is 19.2 Å². The molecule has 2 unspecified atom stereocenters. The fraction of sp³-hybridized carbons (Fsp3) is 0.667. The smallest absolute Gasteiger partial charge is 0.327 e. The van der Waals surface area contributed by atoms with Crippen LogP contribution in [0.3, 0.4) is 0 Å². The number of aliphatic carboxylic acids is 1. The lowest BCUT2D eigenvalue weighted by Gasteiger charge is -2.18. The highest BCUT2D eigenvalue weighted by Gasteiger charge is 2.22. The Hall–Kier alpha value is -1.46. The third-order valence-corrected chi connectivity index (χ3v) is 3.70. The first kappa shape index (κ1) is 21.5. The van der Waals surface area contributed by atoms with Gasteiger partial charge >= 0.3 is 5.97 Å². The van der Waals surface area contributed by atoms with Gasteiger partial charge in [-0.3, -0.25) is 14.4 Å². The van der Waals surface area contributed by atoms with E-state index in [1.807, 2.05) is 6.26 Å². The summed E-state index contributed by atoms with van der Waals surface area (Å²) in [6.07, 6.45) is 2.24. The predicted octanol–water partition coefficient (Wildman–Crippen LogP) is -2.20. The van der Waals surface area contributed by atoms with Crippen LogP contribution in [0.1, 0.15) is 6.42 Å². The highest BCUT2D eigenvalue weighted by atomic mass is 32.2. The number of nitrogens with one attached hydrogen (secondary N) is 3. The number of carboxylic acid groups (broad SMARTS) is 1. The first-order valence-corrected chi connectivity index (χ1v) is 8.77. The molecule has 0 radical (unpaired) electrons. The van der Waals surface area contributed by atoms with E-state index in [0.29, 0.717) is 12.2 Å². The molecule has 0 spiro atoms. The molecule has 23 heavy (non-hydrogen) atoms. The summed E-state index contributed by atoms with van der Waals surface area (Å²) >= 11 is 5.32. The number of carbonyl (C=O) groups excluding carboxylic acids is 3. The van der Waals surface area contributed by atoms with Crippen LogP contribution >= 0.6 is 24.4 Å². The Bertz CT molecular complexity index is 436. The molecule has 0 heterocycles. The Morgan fingerprint density at radius 1 is 1.17 bits per heavy atom. The van der Waals surface area contributed by atoms with Gasteiger partial charge in [-0.2, -0.15) is 24.4 Å². The summed E-state index contributed by atoms with van der Waals surface area (Å²) in [6.45, 7) is -0.642. The average molecular weight is 366 g/mol. The minimum absolute atomic E-state index is 0.0715. The molecule has 0 aliphatic heterocycles. The lowest BCUT2D eigenvalue weighted by molar-refractivity contribution is -0.141. The van der Waals surface area contributed by atoms with E-state index in [1.165, 1.54) is 11.8 Å². The Labute approximate surface area is 143 Å². The zero-order valence-corrected chi connectivity index (χ0v) is 14.4. The van der Waals surface area contributed by atoms with Crippen LogP contribution < -0.4 is 21.7 Å². The maximum Gasteiger partial charge on any atom is 0.327 e. The molecule has 0 aromatic heterocycles. The van der Waals surface area contributed by atoms with Crippen molar-refractivity contribution >= 4 is 48.1 Å². The predicted molar refractivity (Wildman–Crippen MR) is 90.4 cm³/mol. The molecule has 0 saturated carbocycles. The summed E-state index contributed by atoms with van der Waals surface area (Å²) in [5.74, 6) is -2.32. The Morgan fingerprint density at radius 2 is 1.78 bits per heavy atom. The van der Waals surface area contributed by atoms with Gasteiger partial charge in [-0.15, -0.1) is 0 Å². The Kier molecular flexibility index (Phi) is 11.3. The Balaban J connectivity index is 4.46. The van der Waals surface area contributed by atoms with Gasteiger partial charge in [-0.1, -0.05) is 0 Å². The fourth-order valence-electron chi connectivity index (χ4n) is 1.48. The van der Waals surface area contributed by atoms with Crippen molar-refractivity contribution < 1.29 is 24.3 Å². The van der Waals surface area contributed by atoms with Crippen molar-refractivity contribution in [1.82, 2.24) is 16.0 Å². The van der Waals surface area contributed by atoms with Gasteiger partial charge < -0.3 is 26.8 Å². The quantitative estimate of drug-likeness (QED) is 0.227. The molecule has 0 fully saturated rings. The number of thiol groups is 1. The van der Waals surface area contributed by atoms with Gasteiger partial charge in [-0.05, 0) is 18.4 Å². The summed E-state index contributed by atoms with van der Waals surface area (Å²) in [5.41, 5.74) is 5.19. The number of hydrogen-bond donors (Lipinski definition) is 6. The standard InChI is InChI=1S/C12H22N4O5S2/c1-23-3-2-7(15-9(17)4-13)11(19)14-5-10(18)16-8(6-22)12(20)21/h7-8,22H,2-6,13H2,1H3,(H,14,19)(H,15,17)(H,16,18)(H,20,21). The zero-order valence-electron chi connectivity index (χ0n) is 12.7. The first-order chi connectivity index (χ1) is 10.8. The number of nitrogens with two attached hydrogens (primary N) is 1. The van der Waals surface area contributed by atoms with Gasteiger partial charge in [0.15, 0.2) is 0 Å². The number of carbonyl (C=O) groups is 4. The van der Waals surface area contributed by atoms with Crippen LogP contribution in [0.25, 0.3) is 0 Å². The molecule has 0 rings (SSSR count). The highest BCUT2D eigenvalue weighted by molar-refractivity contribution is 7.98. The van der Waals surface area contributed by atoms with Gasteiger partial charge in [0.05, 0.1) is 13.1 Å². The second-order valence-corrected chi connectivity index (χ2v) is 5.82. The molecule has 11 heteroatoms. The number of hydrogen-bond acceptors (Lipinski definition) is 7. The summed E-state index contributed by atoms with van der Waals surface area (Å²) in [5, 5.41) is 15.8. The van der Waals surface area contributed by atoms with Crippen molar-refractivity contribution in [2.45, 2.75) is 18.5 Å². The van der Waals surface area contributed by atoms with Crippen LogP contribution in [0.2, 0.25) is 0 Å². The van der Waals surface area contributed by atoms with Crippen LogP contribution in [-0.4, -0.2) is 71.7 Å². The number of thioether (sulfide) groups is 1. The van der Waals surface area contributed by atoms with Gasteiger partial charge in [0.2, 0.25) is 17.7 Å². The number of amides is 3. The first-order valence-electron chi connectivity index (χ1n) is 6.74. The van der Waals surface area contributed by atoms with E-state index in [0.717, 1.165) is 0 Å². The van der Waals surface area contributed by atoms with Crippen molar-refractivity contribution in [2.24, 2.45) is 5.73 Å². The van der Waals surface area contributed by atoms with Crippen LogP contribution in [0.5, 0.6) is 0 Å². The van der Waals surface area contributed by atoms with Crippen LogP contribution in [-0.2, 0) is 19.2 Å². The maximum absolute atomic E-state index is 12.0. The van der Waals surface area contributed by atoms with Crippen molar-refractivity contribution in [3.05, 3.63) is 0 Å². The van der Waals surface area contributed by atoms with Crippen molar-refractivity contribution in [3.63, 3.8) is 0 Å². The largest absolute Gasteiger partial charge is 0.480 e. The molecule has 3 amide bonds. The van der Waals surface area contributed by atoms with Gasteiger partial charge in [0.1, 0.15) is 12.1 Å². The molecule has 6 N–H and O–H groups in total. The second-order valence-electron chi connectivity index (χ2n) is 4.46. The molecule has 9 nitrogen and oxygen atoms in total. The SMILES string of the molecule is CSCCC(NC(=O)CN)C(=O)NCC(=O)NC(CS)C(=O)O. The summed E-state index contributed by atoms with van der Waals surface area (Å²) in [6, 6.07) is -1.93. The molecule has 0 aliphatic rings. The van der Waals surface area contributed by atoms with Crippen molar-refractivity contribution in [1.29, 1.82) is 0 Å². The molecule has 2 atom stereocenters. The number of rotatable bonds is 11. The number of carboxylic acids is 1. The fourth-order valence-corrected chi connectivity index (χ4v) is 2.20. The van der Waals surface area contributed by atoms with Crippen molar-refractivity contribution in [3.8, 4) is 0 Å². The van der Waals surface area contributed by atoms with Gasteiger partial charge in [0.25, 0.3) is 0 Å². The normalized spacial score (nSPS) is 12.8. The minimum atomic E-state index is -1.22. The highest BCUT2D eigenvalue weighted by Crippen LogP contribution is 2.01. The summed E-state index contributed by atoms with van der Waals surface area (Å²) in [4.78, 5) is 45.7. The second kappa shape index (κ2) is 12.0. The van der Waals surface area contributed by atoms with Crippen molar-refractivity contribution in [2.75, 3.05) is 30.9 Å². The molecular formula is C12H22N4O5S2. The molecule has 0 bridgehead atoms. The van der Waals surface area contributed by atoms with Gasteiger partial charge in [-0.25, -0.2) is 4.79 Å². The van der Waals surface area contributed by atoms with Crippen LogP contribution in [0.4, 0.5) is 0 Å². The monoisotopic (exact) mass is 366 g/mol. The summed E-state index contributed by atoms with van der Waals surface area (Å²) < 4.78 is 0. The van der Waals surface area contributed by atoms with Crippen LogP contribution in [0, 0.1) is 0 Å². The molecule has 132 valence electrons. The molecule has 0 aliphatic carbocycles. The molecule has 0 aromatic carbocycles. The Morgan fingerprint density at radius 3 is 2.26 bits per heavy atom. The molecule has 0 saturated heterocycles. The van der Waals surface area contributed by atoms with E-state index in [2.05, 4.69) is 28.6 Å². The third-order valence-electron chi connectivity index (χ3n) is 2.69. The lowest BCUT2D eigenvalue weighted by Crippen LogP contribution is -2.52. The topological polar surface area (TPSA) is 151 Å². The van der Waals surface area contributed by atoms with E-state index in [1.54, 1.807) is 0 Å². The average Bonchev–Trinajstić information content (AvgIpc) is 2.53. The van der Waals surface area contributed by atoms with Crippen LogP contribution in [0.15, 0.2) is 0 Å². The minimum Gasteiger partial charge on any atom is -0.480 e. The van der Waals surface area contributed by atoms with E-state index in [4.69, 9.17) is 10.8 Å². The third kappa shape index (κ3) is 9.31. The molecule has 0 aromatic rings. The van der Waals surface area contributed by atoms with E-state index >= 15 is 0 Å². The lowest BCUT2D eigenvalue weighted by atomic mass is 10.2. The maximum atomic E-state index is 12.0. The van der Waals surface area contributed by atoms with E-state index in [-0.39, 0.29) is 12.3 Å². The van der Waals surface area contributed by atoms with E-state index < -0.39 is 42.3 Å². The summed E-state index contributed by atoms with van der Waals surface area (Å²) in [7, 11) is 0. The molecular weight excluding hydrogens is 344 g/mol. The van der Waals surface area contributed by atoms with Gasteiger partial charge in [0, 0.05) is 5.75 Å². The zero-order chi connectivity index (χ0) is 17.8.